The van der Waals surface area contributed by atoms with E-state index in [0.717, 1.165) is 0 Å². The Bertz CT molecular complexity index is 430. The van der Waals surface area contributed by atoms with Gasteiger partial charge in [0.2, 0.25) is 5.88 Å². The average molecular weight is 204 g/mol. The Morgan fingerprint density at radius 2 is 1.93 bits per heavy atom. The van der Waals surface area contributed by atoms with Crippen LogP contribution in [-0.2, 0) is 0 Å². The van der Waals surface area contributed by atoms with Gasteiger partial charge in [0.25, 0.3) is 0 Å². The molecule has 0 amide bonds. The Morgan fingerprint density at radius 1 is 1.13 bits per heavy atom. The summed E-state index contributed by atoms with van der Waals surface area (Å²) in [5.74, 6) is 0.758. The van der Waals surface area contributed by atoms with Crippen molar-refractivity contribution in [2.24, 2.45) is 0 Å². The summed E-state index contributed by atoms with van der Waals surface area (Å²) >= 11 is 0. The minimum absolute atomic E-state index is 0.348. The number of nitrogens with zero attached hydrogens (tertiary/aromatic N) is 1. The van der Waals surface area contributed by atoms with Gasteiger partial charge in [-0.1, -0.05) is 12.1 Å². The number of aromatic nitrogens is 1. The van der Waals surface area contributed by atoms with Gasteiger partial charge < -0.3 is 10.5 Å². The van der Waals surface area contributed by atoms with Gasteiger partial charge in [0.05, 0.1) is 0 Å². The van der Waals surface area contributed by atoms with Crippen molar-refractivity contribution in [1.82, 2.24) is 4.98 Å². The number of halogens is 1. The number of nitrogen functional groups attached to an aromatic ring is 1. The van der Waals surface area contributed by atoms with Gasteiger partial charge in [0.1, 0.15) is 17.4 Å². The van der Waals surface area contributed by atoms with Gasteiger partial charge in [0.15, 0.2) is 0 Å². The number of hydrogen-bond acceptors (Lipinski definition) is 3. The van der Waals surface area contributed by atoms with Crippen LogP contribution in [0.25, 0.3) is 0 Å². The summed E-state index contributed by atoms with van der Waals surface area (Å²) in [7, 11) is 0. The number of hydrogen-bond donors (Lipinski definition) is 1. The Kier molecular flexibility index (Phi) is 2.49. The molecule has 3 nitrogen and oxygen atoms in total. The van der Waals surface area contributed by atoms with E-state index in [1.54, 1.807) is 30.3 Å². The van der Waals surface area contributed by atoms with Crippen LogP contribution in [0.15, 0.2) is 42.5 Å². The Labute approximate surface area is 86.3 Å². The molecule has 0 spiro atoms. The largest absolute Gasteiger partial charge is 0.439 e. The molecule has 0 aliphatic carbocycles. The van der Waals surface area contributed by atoms with Crippen molar-refractivity contribution in [2.45, 2.75) is 0 Å². The van der Waals surface area contributed by atoms with Crippen LogP contribution in [0.4, 0.5) is 10.2 Å². The molecule has 2 aromatic rings. The van der Waals surface area contributed by atoms with E-state index < -0.39 is 0 Å². The topological polar surface area (TPSA) is 48.1 Å². The van der Waals surface area contributed by atoms with E-state index in [1.165, 1.54) is 12.1 Å². The fraction of sp³-hybridized carbons (Fsp3) is 0. The predicted molar refractivity (Wildman–Crippen MR) is 55.1 cm³/mol. The molecule has 2 rings (SSSR count). The number of anilines is 1. The fourth-order valence-electron chi connectivity index (χ4n) is 1.14. The highest BCUT2D eigenvalue weighted by molar-refractivity contribution is 5.34. The maximum absolute atomic E-state index is 12.8. The first kappa shape index (κ1) is 9.45. The summed E-state index contributed by atoms with van der Waals surface area (Å²) < 4.78 is 18.1. The van der Waals surface area contributed by atoms with E-state index in [-0.39, 0.29) is 5.82 Å². The van der Waals surface area contributed by atoms with Gasteiger partial charge in [-0.05, 0) is 18.2 Å². The smallest absolute Gasteiger partial charge is 0.221 e. The third kappa shape index (κ3) is 2.43. The van der Waals surface area contributed by atoms with Crippen LogP contribution in [0.3, 0.4) is 0 Å². The highest BCUT2D eigenvalue weighted by Gasteiger charge is 1.99. The molecule has 0 fully saturated rings. The summed E-state index contributed by atoms with van der Waals surface area (Å²) in [6.07, 6.45) is 0. The van der Waals surface area contributed by atoms with Crippen LogP contribution in [0.2, 0.25) is 0 Å². The zero-order valence-electron chi connectivity index (χ0n) is 7.85. The van der Waals surface area contributed by atoms with E-state index in [2.05, 4.69) is 4.98 Å². The molecule has 1 aromatic heterocycles. The first-order valence-corrected chi connectivity index (χ1v) is 4.40. The highest BCUT2D eigenvalue weighted by Crippen LogP contribution is 2.20. The number of pyridine rings is 1. The molecular formula is C11H9FN2O. The molecule has 0 aliphatic rings. The average Bonchev–Trinajstić information content (AvgIpc) is 2.17. The molecule has 0 saturated heterocycles. The number of benzene rings is 1. The first-order valence-electron chi connectivity index (χ1n) is 4.40. The quantitative estimate of drug-likeness (QED) is 0.817. The van der Waals surface area contributed by atoms with Crippen molar-refractivity contribution in [2.75, 3.05) is 5.73 Å². The van der Waals surface area contributed by atoms with Gasteiger partial charge in [-0.15, -0.1) is 0 Å². The number of nitrogens with two attached hydrogens (primary N) is 1. The van der Waals surface area contributed by atoms with Gasteiger partial charge in [-0.3, -0.25) is 0 Å². The standard InChI is InChI=1S/C11H9FN2O/c12-8-3-1-4-9(7-8)15-11-6-2-5-10(13)14-11/h1-7H,(H2,13,14). The molecule has 2 N–H and O–H groups in total. The van der Waals surface area contributed by atoms with Crippen molar-refractivity contribution in [3.8, 4) is 11.6 Å². The molecule has 0 aliphatic heterocycles. The monoisotopic (exact) mass is 204 g/mol. The van der Waals surface area contributed by atoms with Crippen LogP contribution in [-0.4, -0.2) is 4.98 Å². The predicted octanol–water partition coefficient (Wildman–Crippen LogP) is 2.60. The molecular weight excluding hydrogens is 195 g/mol. The van der Waals surface area contributed by atoms with E-state index in [4.69, 9.17) is 10.5 Å². The van der Waals surface area contributed by atoms with Gasteiger partial charge in [-0.25, -0.2) is 4.39 Å². The van der Waals surface area contributed by atoms with Crippen LogP contribution in [0.5, 0.6) is 11.6 Å². The minimum Gasteiger partial charge on any atom is -0.439 e. The van der Waals surface area contributed by atoms with E-state index in [9.17, 15) is 4.39 Å². The van der Waals surface area contributed by atoms with Gasteiger partial charge >= 0.3 is 0 Å². The normalized spacial score (nSPS) is 9.93. The lowest BCUT2D eigenvalue weighted by atomic mass is 10.3. The lowest BCUT2D eigenvalue weighted by Crippen LogP contribution is -1.92. The number of ether oxygens (including phenoxy) is 1. The molecule has 0 atom stereocenters. The van der Waals surface area contributed by atoms with E-state index in [0.29, 0.717) is 17.4 Å². The summed E-state index contributed by atoms with van der Waals surface area (Å²) in [5, 5.41) is 0. The zero-order chi connectivity index (χ0) is 10.7. The van der Waals surface area contributed by atoms with Crippen LogP contribution in [0.1, 0.15) is 0 Å². The second kappa shape index (κ2) is 3.96. The molecule has 15 heavy (non-hydrogen) atoms. The second-order valence-electron chi connectivity index (χ2n) is 2.96. The fourth-order valence-corrected chi connectivity index (χ4v) is 1.14. The molecule has 1 aromatic carbocycles. The lowest BCUT2D eigenvalue weighted by molar-refractivity contribution is 0.459. The van der Waals surface area contributed by atoms with Crippen molar-refractivity contribution in [1.29, 1.82) is 0 Å². The van der Waals surface area contributed by atoms with Crippen LogP contribution in [0, 0.1) is 5.82 Å². The summed E-state index contributed by atoms with van der Waals surface area (Å²) in [4.78, 5) is 3.93. The Balaban J connectivity index is 2.22. The SMILES string of the molecule is Nc1cccc(Oc2cccc(F)c2)n1. The summed E-state index contributed by atoms with van der Waals surface area (Å²) in [5.41, 5.74) is 5.48. The maximum atomic E-state index is 12.8. The molecule has 0 bridgehead atoms. The summed E-state index contributed by atoms with van der Waals surface area (Å²) in [6, 6.07) is 10.9. The molecule has 4 heteroatoms. The van der Waals surface area contributed by atoms with Gasteiger partial charge in [-0.2, -0.15) is 4.98 Å². The summed E-state index contributed by atoms with van der Waals surface area (Å²) in [6.45, 7) is 0. The van der Waals surface area contributed by atoms with Crippen molar-refractivity contribution in [3.05, 3.63) is 48.3 Å². The molecule has 76 valence electrons. The third-order valence-corrected chi connectivity index (χ3v) is 1.76. The lowest BCUT2D eigenvalue weighted by Gasteiger charge is -2.04. The zero-order valence-corrected chi connectivity index (χ0v) is 7.85. The van der Waals surface area contributed by atoms with Crippen molar-refractivity contribution >= 4 is 5.82 Å². The second-order valence-corrected chi connectivity index (χ2v) is 2.96. The molecule has 0 saturated carbocycles. The van der Waals surface area contributed by atoms with Crippen molar-refractivity contribution < 1.29 is 9.13 Å². The highest BCUT2D eigenvalue weighted by atomic mass is 19.1. The van der Waals surface area contributed by atoms with E-state index >= 15 is 0 Å². The van der Waals surface area contributed by atoms with Crippen molar-refractivity contribution in [3.63, 3.8) is 0 Å². The molecule has 0 radical (unpaired) electrons. The van der Waals surface area contributed by atoms with E-state index in [1.807, 2.05) is 0 Å². The molecule has 0 unspecified atom stereocenters. The molecule has 1 heterocycles. The third-order valence-electron chi connectivity index (χ3n) is 1.76. The number of rotatable bonds is 2. The van der Waals surface area contributed by atoms with Crippen LogP contribution < -0.4 is 10.5 Å². The Hall–Kier alpha value is -2.10. The maximum Gasteiger partial charge on any atom is 0.221 e. The Morgan fingerprint density at radius 3 is 2.67 bits per heavy atom. The minimum atomic E-state index is -0.351. The van der Waals surface area contributed by atoms with Crippen LogP contribution >= 0.6 is 0 Å². The van der Waals surface area contributed by atoms with Gasteiger partial charge in [0, 0.05) is 12.1 Å². The first-order chi connectivity index (χ1) is 7.24.